The first-order valence-corrected chi connectivity index (χ1v) is 12.2. The molecule has 0 amide bonds. The highest BCUT2D eigenvalue weighted by molar-refractivity contribution is 7.92. The van der Waals surface area contributed by atoms with E-state index in [9.17, 15) is 8.42 Å². The van der Waals surface area contributed by atoms with Crippen molar-refractivity contribution in [1.82, 2.24) is 4.98 Å². The van der Waals surface area contributed by atoms with E-state index >= 15 is 0 Å². The lowest BCUT2D eigenvalue weighted by atomic mass is 10.3. The van der Waals surface area contributed by atoms with E-state index in [2.05, 4.69) is 4.98 Å². The van der Waals surface area contributed by atoms with Gasteiger partial charge in [-0.3, -0.25) is 4.31 Å². The average molecular weight is 469 g/mol. The van der Waals surface area contributed by atoms with Crippen molar-refractivity contribution in [2.75, 3.05) is 24.6 Å². The van der Waals surface area contributed by atoms with Gasteiger partial charge in [-0.15, -0.1) is 11.3 Å². The molecule has 7 nitrogen and oxygen atoms in total. The molecule has 0 spiro atoms. The minimum absolute atomic E-state index is 0.0997. The van der Waals surface area contributed by atoms with Crippen molar-refractivity contribution in [2.24, 2.45) is 0 Å². The Hall–Kier alpha value is -3.30. The maximum atomic E-state index is 13.8. The predicted octanol–water partition coefficient (Wildman–Crippen LogP) is 4.47. The van der Waals surface area contributed by atoms with Crippen LogP contribution in [0.25, 0.3) is 10.2 Å². The third-order valence-corrected chi connectivity index (χ3v) is 7.87. The zero-order chi connectivity index (χ0) is 22.1. The quantitative estimate of drug-likeness (QED) is 0.415. The van der Waals surface area contributed by atoms with Gasteiger partial charge in [0.25, 0.3) is 10.0 Å². The van der Waals surface area contributed by atoms with Gasteiger partial charge in [0.2, 0.25) is 0 Å². The Balaban J connectivity index is 1.57. The molecule has 9 heteroatoms. The van der Waals surface area contributed by atoms with Gasteiger partial charge in [0.05, 0.1) is 34.5 Å². The van der Waals surface area contributed by atoms with Crippen molar-refractivity contribution in [3.63, 3.8) is 0 Å². The summed E-state index contributed by atoms with van der Waals surface area (Å²) in [5, 5.41) is 0.697. The number of methoxy groups -OCH3 is 1. The van der Waals surface area contributed by atoms with Crippen LogP contribution >= 0.6 is 11.3 Å². The fourth-order valence-corrected chi connectivity index (χ4v) is 5.97. The summed E-state index contributed by atoms with van der Waals surface area (Å²) in [4.78, 5) is 4.76. The van der Waals surface area contributed by atoms with Gasteiger partial charge in [0.15, 0.2) is 11.5 Å². The van der Waals surface area contributed by atoms with Crippen LogP contribution in [0, 0.1) is 0 Å². The molecule has 2 heterocycles. The summed E-state index contributed by atoms with van der Waals surface area (Å²) in [5.41, 5.74) is 1.36. The molecule has 1 aliphatic rings. The molecule has 0 unspecified atom stereocenters. The second kappa shape index (κ2) is 8.33. The highest BCUT2D eigenvalue weighted by Gasteiger charge is 2.28. The SMILES string of the molecule is COc1ccc(N(Cc2nc3ccccc3s2)S(=O)(=O)c2ccc3c(c2)OCCO3)cc1. The number of para-hydroxylation sites is 1. The van der Waals surface area contributed by atoms with Gasteiger partial charge < -0.3 is 14.2 Å². The standard InChI is InChI=1S/C23H20N2O5S2/c1-28-17-8-6-16(7-9-17)25(15-23-24-19-4-2-3-5-22(19)31-23)32(26,27)18-10-11-20-21(14-18)30-13-12-29-20/h2-11,14H,12-13,15H2,1H3. The van der Waals surface area contributed by atoms with Crippen LogP contribution in [0.3, 0.4) is 0 Å². The van der Waals surface area contributed by atoms with Crippen LogP contribution < -0.4 is 18.5 Å². The number of anilines is 1. The number of hydrogen-bond acceptors (Lipinski definition) is 7. The lowest BCUT2D eigenvalue weighted by molar-refractivity contribution is 0.171. The molecule has 0 bridgehead atoms. The molecule has 0 atom stereocenters. The number of thiazole rings is 1. The zero-order valence-electron chi connectivity index (χ0n) is 17.2. The van der Waals surface area contributed by atoms with Crippen LogP contribution in [0.5, 0.6) is 17.2 Å². The van der Waals surface area contributed by atoms with Crippen molar-refractivity contribution in [1.29, 1.82) is 0 Å². The normalized spacial score (nSPS) is 13.2. The third-order valence-electron chi connectivity index (χ3n) is 5.08. The second-order valence-electron chi connectivity index (χ2n) is 7.09. The first-order chi connectivity index (χ1) is 15.5. The van der Waals surface area contributed by atoms with Gasteiger partial charge in [-0.05, 0) is 48.5 Å². The van der Waals surface area contributed by atoms with E-state index < -0.39 is 10.0 Å². The molecule has 0 saturated heterocycles. The molecule has 0 fully saturated rings. The predicted molar refractivity (Wildman–Crippen MR) is 123 cm³/mol. The minimum atomic E-state index is -3.92. The number of ether oxygens (including phenoxy) is 3. The summed E-state index contributed by atoms with van der Waals surface area (Å²) in [6.45, 7) is 0.918. The molecule has 164 valence electrons. The summed E-state index contributed by atoms with van der Waals surface area (Å²) >= 11 is 1.48. The Kier molecular flexibility index (Phi) is 5.36. The smallest absolute Gasteiger partial charge is 0.264 e. The number of sulfonamides is 1. The van der Waals surface area contributed by atoms with Gasteiger partial charge in [-0.1, -0.05) is 12.1 Å². The van der Waals surface area contributed by atoms with Crippen LogP contribution in [0.2, 0.25) is 0 Å². The maximum Gasteiger partial charge on any atom is 0.264 e. The van der Waals surface area contributed by atoms with Crippen molar-refractivity contribution >= 4 is 37.3 Å². The highest BCUT2D eigenvalue weighted by Crippen LogP contribution is 2.35. The van der Waals surface area contributed by atoms with Gasteiger partial charge >= 0.3 is 0 Å². The average Bonchev–Trinajstić information content (AvgIpc) is 3.25. The lowest BCUT2D eigenvalue weighted by Crippen LogP contribution is -2.30. The fraction of sp³-hybridized carbons (Fsp3) is 0.174. The molecule has 5 rings (SSSR count). The number of rotatable bonds is 6. The summed E-state index contributed by atoms with van der Waals surface area (Å²) < 4.78 is 46.3. The van der Waals surface area contributed by atoms with E-state index in [0.717, 1.165) is 10.2 Å². The Morgan fingerprint density at radius 3 is 2.50 bits per heavy atom. The van der Waals surface area contributed by atoms with Crippen molar-refractivity contribution in [3.8, 4) is 17.2 Å². The molecular formula is C23H20N2O5S2. The van der Waals surface area contributed by atoms with Gasteiger partial charge in [0.1, 0.15) is 24.0 Å². The molecule has 0 radical (unpaired) electrons. The monoisotopic (exact) mass is 468 g/mol. The van der Waals surface area contributed by atoms with Crippen LogP contribution in [0.15, 0.2) is 71.6 Å². The summed E-state index contributed by atoms with van der Waals surface area (Å²) in [5.74, 6) is 1.61. The molecule has 1 aliphatic heterocycles. The van der Waals surface area contributed by atoms with Crippen LogP contribution in [-0.4, -0.2) is 33.7 Å². The van der Waals surface area contributed by atoms with Gasteiger partial charge in [-0.25, -0.2) is 13.4 Å². The Labute approximate surface area is 189 Å². The van der Waals surface area contributed by atoms with Crippen LogP contribution in [-0.2, 0) is 16.6 Å². The van der Waals surface area contributed by atoms with Crippen molar-refractivity contribution < 1.29 is 22.6 Å². The number of fused-ring (bicyclic) bond motifs is 2. The van der Waals surface area contributed by atoms with Crippen molar-refractivity contribution in [3.05, 3.63) is 71.7 Å². The molecule has 0 aliphatic carbocycles. The highest BCUT2D eigenvalue weighted by atomic mass is 32.2. The van der Waals surface area contributed by atoms with Gasteiger partial charge in [-0.2, -0.15) is 0 Å². The fourth-order valence-electron chi connectivity index (χ4n) is 3.49. The Morgan fingerprint density at radius 1 is 1.00 bits per heavy atom. The number of benzene rings is 3. The number of nitrogens with zero attached hydrogens (tertiary/aromatic N) is 2. The third kappa shape index (κ3) is 3.85. The molecule has 1 aromatic heterocycles. The van der Waals surface area contributed by atoms with E-state index in [4.69, 9.17) is 14.2 Å². The summed E-state index contributed by atoms with van der Waals surface area (Å²) in [6, 6.07) is 19.4. The number of aromatic nitrogens is 1. The molecular weight excluding hydrogens is 448 g/mol. The van der Waals surface area contributed by atoms with E-state index in [1.165, 1.54) is 27.8 Å². The molecule has 0 saturated carbocycles. The molecule has 4 aromatic rings. The molecule has 32 heavy (non-hydrogen) atoms. The minimum Gasteiger partial charge on any atom is -0.497 e. The maximum absolute atomic E-state index is 13.8. The van der Waals surface area contributed by atoms with Gasteiger partial charge in [0, 0.05) is 6.07 Å². The van der Waals surface area contributed by atoms with Crippen molar-refractivity contribution in [2.45, 2.75) is 11.4 Å². The molecule has 3 aromatic carbocycles. The Morgan fingerprint density at radius 2 is 1.75 bits per heavy atom. The van der Waals surface area contributed by atoms with Crippen LogP contribution in [0.4, 0.5) is 5.69 Å². The lowest BCUT2D eigenvalue weighted by Gasteiger charge is -2.25. The Bertz CT molecular complexity index is 1330. The zero-order valence-corrected chi connectivity index (χ0v) is 18.9. The first kappa shape index (κ1) is 20.6. The van der Waals surface area contributed by atoms with E-state index in [0.29, 0.717) is 41.2 Å². The topological polar surface area (TPSA) is 78.0 Å². The van der Waals surface area contributed by atoms with Crippen LogP contribution in [0.1, 0.15) is 5.01 Å². The van der Waals surface area contributed by atoms with E-state index in [1.54, 1.807) is 37.4 Å². The molecule has 0 N–H and O–H groups in total. The summed E-state index contributed by atoms with van der Waals surface area (Å²) in [7, 11) is -2.35. The van der Waals surface area contributed by atoms with E-state index in [-0.39, 0.29) is 11.4 Å². The first-order valence-electron chi connectivity index (χ1n) is 9.95. The number of hydrogen-bond donors (Lipinski definition) is 0. The van der Waals surface area contributed by atoms with E-state index in [1.807, 2.05) is 24.3 Å². The summed E-state index contributed by atoms with van der Waals surface area (Å²) in [6.07, 6.45) is 0. The second-order valence-corrected chi connectivity index (χ2v) is 10.1. The largest absolute Gasteiger partial charge is 0.497 e.